The van der Waals surface area contributed by atoms with Gasteiger partial charge in [0.2, 0.25) is 10.0 Å². The van der Waals surface area contributed by atoms with Crippen molar-refractivity contribution in [1.82, 2.24) is 4.31 Å². The Morgan fingerprint density at radius 1 is 1.08 bits per heavy atom. The molecule has 7 heteroatoms. The van der Waals surface area contributed by atoms with E-state index in [9.17, 15) is 13.2 Å². The standard InChI is InChI=1S/C19H23NO5S/c1-13-9-18(24-4)19(25-5)11-16(13)12-20(3)26(22,23)17-8-6-7-15(10-17)14(2)21/h6-11H,12H2,1-5H3. The Balaban J connectivity index is 2.36. The monoisotopic (exact) mass is 377 g/mol. The van der Waals surface area contributed by atoms with Gasteiger partial charge in [-0.25, -0.2) is 8.42 Å². The van der Waals surface area contributed by atoms with Gasteiger partial charge in [0.15, 0.2) is 17.3 Å². The van der Waals surface area contributed by atoms with Gasteiger partial charge in [0.05, 0.1) is 19.1 Å². The van der Waals surface area contributed by atoms with Gasteiger partial charge in [-0.2, -0.15) is 4.31 Å². The van der Waals surface area contributed by atoms with Gasteiger partial charge in [-0.1, -0.05) is 12.1 Å². The number of ketones is 1. The highest BCUT2D eigenvalue weighted by molar-refractivity contribution is 7.89. The molecule has 0 saturated carbocycles. The fourth-order valence-corrected chi connectivity index (χ4v) is 3.77. The van der Waals surface area contributed by atoms with E-state index in [2.05, 4.69) is 0 Å². The Morgan fingerprint density at radius 2 is 1.69 bits per heavy atom. The summed E-state index contributed by atoms with van der Waals surface area (Å²) in [7, 11) is 0.853. The molecular weight excluding hydrogens is 354 g/mol. The van der Waals surface area contributed by atoms with Gasteiger partial charge in [-0.15, -0.1) is 0 Å². The molecule has 26 heavy (non-hydrogen) atoms. The maximum Gasteiger partial charge on any atom is 0.243 e. The lowest BCUT2D eigenvalue weighted by Crippen LogP contribution is -2.27. The Kier molecular flexibility index (Phi) is 6.05. The highest BCUT2D eigenvalue weighted by atomic mass is 32.2. The molecule has 0 amide bonds. The van der Waals surface area contributed by atoms with Gasteiger partial charge in [0, 0.05) is 19.2 Å². The van der Waals surface area contributed by atoms with Gasteiger partial charge in [-0.05, 0) is 49.2 Å². The third kappa shape index (κ3) is 4.05. The molecule has 0 radical (unpaired) electrons. The van der Waals surface area contributed by atoms with Crippen molar-refractivity contribution in [3.05, 3.63) is 53.1 Å². The number of sulfonamides is 1. The largest absolute Gasteiger partial charge is 0.493 e. The second-order valence-electron chi connectivity index (χ2n) is 5.98. The molecule has 2 aromatic rings. The number of aryl methyl sites for hydroxylation is 1. The number of nitrogens with zero attached hydrogens (tertiary/aromatic N) is 1. The molecule has 6 nitrogen and oxygen atoms in total. The van der Waals surface area contributed by atoms with Gasteiger partial charge in [0.1, 0.15) is 0 Å². The van der Waals surface area contributed by atoms with Crippen LogP contribution in [0.15, 0.2) is 41.3 Å². The van der Waals surface area contributed by atoms with Crippen molar-refractivity contribution >= 4 is 15.8 Å². The maximum absolute atomic E-state index is 12.9. The fourth-order valence-electron chi connectivity index (χ4n) is 2.57. The Morgan fingerprint density at radius 3 is 2.27 bits per heavy atom. The van der Waals surface area contributed by atoms with Crippen molar-refractivity contribution in [1.29, 1.82) is 0 Å². The molecule has 2 aromatic carbocycles. The summed E-state index contributed by atoms with van der Waals surface area (Å²) in [6.45, 7) is 3.45. The molecule has 0 unspecified atom stereocenters. The zero-order valence-corrected chi connectivity index (χ0v) is 16.4. The third-order valence-corrected chi connectivity index (χ3v) is 5.98. The van der Waals surface area contributed by atoms with E-state index in [4.69, 9.17) is 9.47 Å². The molecule has 2 rings (SSSR count). The number of hydrogen-bond donors (Lipinski definition) is 0. The summed E-state index contributed by atoms with van der Waals surface area (Å²) in [4.78, 5) is 11.6. The molecule has 0 N–H and O–H groups in total. The highest BCUT2D eigenvalue weighted by Gasteiger charge is 2.23. The minimum absolute atomic E-state index is 0.0887. The smallest absolute Gasteiger partial charge is 0.243 e. The van der Waals surface area contributed by atoms with E-state index in [-0.39, 0.29) is 17.2 Å². The van der Waals surface area contributed by atoms with Crippen molar-refractivity contribution in [3.8, 4) is 11.5 Å². The van der Waals surface area contributed by atoms with Crippen LogP contribution in [0.3, 0.4) is 0 Å². The zero-order chi connectivity index (χ0) is 19.5. The molecule has 0 aliphatic rings. The van der Waals surface area contributed by atoms with Crippen LogP contribution < -0.4 is 9.47 Å². The third-order valence-electron chi connectivity index (χ3n) is 4.18. The first-order valence-corrected chi connectivity index (χ1v) is 9.43. The number of rotatable bonds is 7. The van der Waals surface area contributed by atoms with Crippen molar-refractivity contribution in [2.45, 2.75) is 25.3 Å². The van der Waals surface area contributed by atoms with Crippen LogP contribution in [0.4, 0.5) is 0 Å². The number of ether oxygens (including phenoxy) is 2. The van der Waals surface area contributed by atoms with Crippen LogP contribution in [0, 0.1) is 6.92 Å². The van der Waals surface area contributed by atoms with Crippen molar-refractivity contribution < 1.29 is 22.7 Å². The summed E-state index contributed by atoms with van der Waals surface area (Å²) >= 11 is 0. The lowest BCUT2D eigenvalue weighted by atomic mass is 10.1. The van der Waals surface area contributed by atoms with Crippen LogP contribution in [-0.4, -0.2) is 39.8 Å². The lowest BCUT2D eigenvalue weighted by Gasteiger charge is -2.20. The van der Waals surface area contributed by atoms with Crippen LogP contribution >= 0.6 is 0 Å². The van der Waals surface area contributed by atoms with Crippen LogP contribution in [0.25, 0.3) is 0 Å². The molecule has 0 aliphatic carbocycles. The van der Waals surface area contributed by atoms with Gasteiger partial charge >= 0.3 is 0 Å². The Bertz CT molecular complexity index is 922. The molecule has 0 fully saturated rings. The van der Waals surface area contributed by atoms with Gasteiger partial charge < -0.3 is 9.47 Å². The van der Waals surface area contributed by atoms with Crippen LogP contribution in [0.1, 0.15) is 28.4 Å². The fraction of sp³-hybridized carbons (Fsp3) is 0.316. The summed E-state index contributed by atoms with van der Waals surface area (Å²) in [6, 6.07) is 9.63. The van der Waals surface area contributed by atoms with E-state index < -0.39 is 10.0 Å². The lowest BCUT2D eigenvalue weighted by molar-refractivity contribution is 0.101. The minimum atomic E-state index is -3.74. The number of Topliss-reactive ketones (excluding diaryl/α,β-unsaturated/α-hetero) is 1. The molecule has 0 bridgehead atoms. The molecular formula is C19H23NO5S. The van der Waals surface area contributed by atoms with E-state index in [1.807, 2.05) is 13.0 Å². The second-order valence-corrected chi connectivity index (χ2v) is 8.02. The molecule has 0 heterocycles. The first-order valence-electron chi connectivity index (χ1n) is 7.99. The number of benzene rings is 2. The first kappa shape index (κ1) is 19.9. The molecule has 0 atom stereocenters. The average Bonchev–Trinajstić information content (AvgIpc) is 2.62. The zero-order valence-electron chi connectivity index (χ0n) is 15.6. The van der Waals surface area contributed by atoms with E-state index in [1.165, 1.54) is 37.5 Å². The molecule has 0 aromatic heterocycles. The maximum atomic E-state index is 12.9. The Hall–Kier alpha value is -2.38. The van der Waals surface area contributed by atoms with E-state index >= 15 is 0 Å². The second kappa shape index (κ2) is 7.88. The number of carbonyl (C=O) groups is 1. The topological polar surface area (TPSA) is 72.9 Å². The van der Waals surface area contributed by atoms with Crippen molar-refractivity contribution in [3.63, 3.8) is 0 Å². The summed E-state index contributed by atoms with van der Waals surface area (Å²) in [6.07, 6.45) is 0. The summed E-state index contributed by atoms with van der Waals surface area (Å²) < 4.78 is 37.5. The molecule has 0 aliphatic heterocycles. The summed E-state index contributed by atoms with van der Waals surface area (Å²) in [5, 5.41) is 0. The van der Waals surface area contributed by atoms with E-state index in [1.54, 1.807) is 25.3 Å². The van der Waals surface area contributed by atoms with Gasteiger partial charge in [0.25, 0.3) is 0 Å². The first-order chi connectivity index (χ1) is 12.2. The molecule has 0 saturated heterocycles. The van der Waals surface area contributed by atoms with Crippen molar-refractivity contribution in [2.24, 2.45) is 0 Å². The predicted molar refractivity (Wildman–Crippen MR) is 99.4 cm³/mol. The van der Waals surface area contributed by atoms with E-state index in [0.717, 1.165) is 11.1 Å². The van der Waals surface area contributed by atoms with Gasteiger partial charge in [-0.3, -0.25) is 4.79 Å². The van der Waals surface area contributed by atoms with Crippen LogP contribution in [-0.2, 0) is 16.6 Å². The quantitative estimate of drug-likeness (QED) is 0.694. The number of carbonyl (C=O) groups excluding carboxylic acids is 1. The minimum Gasteiger partial charge on any atom is -0.493 e. The Labute approximate surface area is 154 Å². The van der Waals surface area contributed by atoms with Crippen LogP contribution in [0.5, 0.6) is 11.5 Å². The van der Waals surface area contributed by atoms with E-state index in [0.29, 0.717) is 17.1 Å². The van der Waals surface area contributed by atoms with Crippen LogP contribution in [0.2, 0.25) is 0 Å². The summed E-state index contributed by atoms with van der Waals surface area (Å²) in [5.74, 6) is 0.950. The summed E-state index contributed by atoms with van der Waals surface area (Å²) in [5.41, 5.74) is 2.06. The number of hydrogen-bond acceptors (Lipinski definition) is 5. The normalized spacial score (nSPS) is 11.5. The predicted octanol–water partition coefficient (Wildman–Crippen LogP) is 3.04. The highest BCUT2D eigenvalue weighted by Crippen LogP contribution is 2.31. The number of methoxy groups -OCH3 is 2. The SMILES string of the molecule is COc1cc(C)c(CN(C)S(=O)(=O)c2cccc(C(C)=O)c2)cc1OC. The molecule has 140 valence electrons. The molecule has 0 spiro atoms. The van der Waals surface area contributed by atoms with Crippen molar-refractivity contribution in [2.75, 3.05) is 21.3 Å². The average molecular weight is 377 g/mol.